The maximum absolute atomic E-state index is 12.1. The van der Waals surface area contributed by atoms with E-state index in [-0.39, 0.29) is 5.78 Å². The number of nitrogens with zero attached hydrogens (tertiary/aromatic N) is 2. The second-order valence-corrected chi connectivity index (χ2v) is 4.39. The van der Waals surface area contributed by atoms with Crippen LogP contribution in [0.4, 0.5) is 5.69 Å². The Bertz CT molecular complexity index is 572. The largest absolute Gasteiger partial charge is 0.398 e. The molecule has 0 spiro atoms. The van der Waals surface area contributed by atoms with Crippen LogP contribution in [0.25, 0.3) is 0 Å². The van der Waals surface area contributed by atoms with Gasteiger partial charge in [-0.2, -0.15) is 5.10 Å². The Morgan fingerprint density at radius 3 is 2.83 bits per heavy atom. The summed E-state index contributed by atoms with van der Waals surface area (Å²) in [6, 6.07) is 7.39. The molecule has 4 nitrogen and oxygen atoms in total. The van der Waals surface area contributed by atoms with E-state index in [0.29, 0.717) is 18.5 Å². The van der Waals surface area contributed by atoms with Crippen molar-refractivity contribution < 1.29 is 4.79 Å². The number of carbonyl (C=O) groups is 1. The standard InChI is InChI=1S/C14H17N3O/c1-10-12(4-3-5-13(10)15)14(18)7-6-11-8-9-16-17(11)2/h3-5,8-9H,6-7,15H2,1-2H3. The fourth-order valence-corrected chi connectivity index (χ4v) is 1.98. The highest BCUT2D eigenvalue weighted by atomic mass is 16.1. The van der Waals surface area contributed by atoms with Gasteiger partial charge in [0.1, 0.15) is 0 Å². The van der Waals surface area contributed by atoms with Gasteiger partial charge in [0.2, 0.25) is 0 Å². The molecule has 1 aromatic carbocycles. The van der Waals surface area contributed by atoms with Gasteiger partial charge in [-0.25, -0.2) is 0 Å². The Kier molecular flexibility index (Phi) is 3.46. The average Bonchev–Trinajstić information content (AvgIpc) is 2.75. The molecule has 0 aliphatic heterocycles. The molecule has 0 saturated heterocycles. The third kappa shape index (κ3) is 2.42. The van der Waals surface area contributed by atoms with Crippen LogP contribution in [-0.2, 0) is 13.5 Å². The summed E-state index contributed by atoms with van der Waals surface area (Å²) >= 11 is 0. The van der Waals surface area contributed by atoms with E-state index >= 15 is 0 Å². The van der Waals surface area contributed by atoms with E-state index in [9.17, 15) is 4.79 Å². The molecule has 0 saturated carbocycles. The minimum Gasteiger partial charge on any atom is -0.398 e. The molecule has 4 heteroatoms. The van der Waals surface area contributed by atoms with Gasteiger partial charge in [-0.3, -0.25) is 9.48 Å². The number of hydrogen-bond acceptors (Lipinski definition) is 3. The lowest BCUT2D eigenvalue weighted by atomic mass is 9.99. The molecule has 1 aromatic heterocycles. The number of aryl methyl sites for hydroxylation is 2. The Morgan fingerprint density at radius 2 is 2.17 bits per heavy atom. The first kappa shape index (κ1) is 12.4. The van der Waals surface area contributed by atoms with Crippen LogP contribution in [0, 0.1) is 6.92 Å². The van der Waals surface area contributed by atoms with Crippen molar-refractivity contribution in [3.63, 3.8) is 0 Å². The van der Waals surface area contributed by atoms with E-state index < -0.39 is 0 Å². The van der Waals surface area contributed by atoms with Gasteiger partial charge in [0, 0.05) is 36.6 Å². The van der Waals surface area contributed by atoms with Crippen molar-refractivity contribution >= 4 is 11.5 Å². The van der Waals surface area contributed by atoms with Crippen molar-refractivity contribution in [2.24, 2.45) is 7.05 Å². The smallest absolute Gasteiger partial charge is 0.163 e. The van der Waals surface area contributed by atoms with Crippen LogP contribution in [0.15, 0.2) is 30.5 Å². The van der Waals surface area contributed by atoms with E-state index in [4.69, 9.17) is 5.73 Å². The van der Waals surface area contributed by atoms with Crippen molar-refractivity contribution in [3.8, 4) is 0 Å². The predicted octanol–water partition coefficient (Wildman–Crippen LogP) is 2.13. The van der Waals surface area contributed by atoms with Crippen LogP contribution in [-0.4, -0.2) is 15.6 Å². The SMILES string of the molecule is Cc1c(N)cccc1C(=O)CCc1ccnn1C. The number of anilines is 1. The number of carbonyl (C=O) groups excluding carboxylic acids is 1. The number of nitrogens with two attached hydrogens (primary N) is 1. The lowest BCUT2D eigenvalue weighted by molar-refractivity contribution is 0.0981. The van der Waals surface area contributed by atoms with E-state index in [1.54, 1.807) is 10.9 Å². The van der Waals surface area contributed by atoms with Crippen LogP contribution in [0.1, 0.15) is 28.0 Å². The molecule has 0 atom stereocenters. The quantitative estimate of drug-likeness (QED) is 0.661. The molecule has 18 heavy (non-hydrogen) atoms. The van der Waals surface area contributed by atoms with Crippen molar-refractivity contribution in [2.45, 2.75) is 19.8 Å². The summed E-state index contributed by atoms with van der Waals surface area (Å²) in [5.74, 6) is 0.126. The Hall–Kier alpha value is -2.10. The lowest BCUT2D eigenvalue weighted by Gasteiger charge is -2.07. The topological polar surface area (TPSA) is 60.9 Å². The van der Waals surface area contributed by atoms with Crippen molar-refractivity contribution in [1.29, 1.82) is 0 Å². The Morgan fingerprint density at radius 1 is 1.39 bits per heavy atom. The van der Waals surface area contributed by atoms with Crippen LogP contribution in [0.3, 0.4) is 0 Å². The van der Waals surface area contributed by atoms with Crippen molar-refractivity contribution in [1.82, 2.24) is 9.78 Å². The molecular formula is C14H17N3O. The summed E-state index contributed by atoms with van der Waals surface area (Å²) < 4.78 is 1.79. The summed E-state index contributed by atoms with van der Waals surface area (Å²) in [5.41, 5.74) is 9.12. The number of nitrogen functional groups attached to an aromatic ring is 1. The van der Waals surface area contributed by atoms with Gasteiger partial charge in [0.05, 0.1) is 0 Å². The maximum Gasteiger partial charge on any atom is 0.163 e. The van der Waals surface area contributed by atoms with Crippen LogP contribution >= 0.6 is 0 Å². The van der Waals surface area contributed by atoms with E-state index in [0.717, 1.165) is 16.8 Å². The zero-order chi connectivity index (χ0) is 13.1. The van der Waals surface area contributed by atoms with Gasteiger partial charge in [-0.1, -0.05) is 12.1 Å². The first-order valence-electron chi connectivity index (χ1n) is 5.94. The second-order valence-electron chi connectivity index (χ2n) is 4.39. The molecule has 2 aromatic rings. The molecule has 0 fully saturated rings. The van der Waals surface area contributed by atoms with Gasteiger partial charge in [0.25, 0.3) is 0 Å². The third-order valence-corrected chi connectivity index (χ3v) is 3.21. The van der Waals surface area contributed by atoms with E-state index in [1.165, 1.54) is 0 Å². The van der Waals surface area contributed by atoms with Gasteiger partial charge >= 0.3 is 0 Å². The zero-order valence-corrected chi connectivity index (χ0v) is 10.7. The molecule has 0 unspecified atom stereocenters. The fourth-order valence-electron chi connectivity index (χ4n) is 1.98. The Labute approximate surface area is 106 Å². The molecule has 2 N–H and O–H groups in total. The summed E-state index contributed by atoms with van der Waals surface area (Å²) in [6.07, 6.45) is 2.92. The second kappa shape index (κ2) is 5.04. The first-order valence-corrected chi connectivity index (χ1v) is 5.94. The minimum absolute atomic E-state index is 0.126. The summed E-state index contributed by atoms with van der Waals surface area (Å²) in [4.78, 5) is 12.1. The zero-order valence-electron chi connectivity index (χ0n) is 10.7. The highest BCUT2D eigenvalue weighted by molar-refractivity contribution is 5.98. The molecule has 0 aliphatic carbocycles. The van der Waals surface area contributed by atoms with E-state index in [2.05, 4.69) is 5.10 Å². The number of aromatic nitrogens is 2. The minimum atomic E-state index is 0.126. The monoisotopic (exact) mass is 243 g/mol. The third-order valence-electron chi connectivity index (χ3n) is 3.21. The highest BCUT2D eigenvalue weighted by Crippen LogP contribution is 2.17. The highest BCUT2D eigenvalue weighted by Gasteiger charge is 2.11. The lowest BCUT2D eigenvalue weighted by Crippen LogP contribution is -2.07. The van der Waals surface area contributed by atoms with Crippen LogP contribution in [0.2, 0.25) is 0 Å². The van der Waals surface area contributed by atoms with Crippen LogP contribution < -0.4 is 5.73 Å². The molecule has 94 valence electrons. The predicted molar refractivity (Wildman–Crippen MR) is 71.5 cm³/mol. The molecule has 2 rings (SSSR count). The number of ketones is 1. The molecule has 0 amide bonds. The average molecular weight is 243 g/mol. The molecule has 0 bridgehead atoms. The van der Waals surface area contributed by atoms with Gasteiger partial charge < -0.3 is 5.73 Å². The molecule has 0 aliphatic rings. The van der Waals surface area contributed by atoms with Crippen molar-refractivity contribution in [2.75, 3.05) is 5.73 Å². The Balaban J connectivity index is 2.09. The van der Waals surface area contributed by atoms with Gasteiger partial charge in [0.15, 0.2) is 5.78 Å². The van der Waals surface area contributed by atoms with Crippen LogP contribution in [0.5, 0.6) is 0 Å². The summed E-state index contributed by atoms with van der Waals surface area (Å²) in [7, 11) is 1.88. The number of benzene rings is 1. The van der Waals surface area contributed by atoms with Gasteiger partial charge in [-0.15, -0.1) is 0 Å². The molecule has 1 heterocycles. The first-order chi connectivity index (χ1) is 8.59. The number of Topliss-reactive ketones (excluding diaryl/α,β-unsaturated/α-hetero) is 1. The molecular weight excluding hydrogens is 226 g/mol. The summed E-state index contributed by atoms with van der Waals surface area (Å²) in [6.45, 7) is 1.88. The fraction of sp³-hybridized carbons (Fsp3) is 0.286. The maximum atomic E-state index is 12.1. The number of hydrogen-bond donors (Lipinski definition) is 1. The summed E-state index contributed by atoms with van der Waals surface area (Å²) in [5, 5.41) is 4.08. The van der Waals surface area contributed by atoms with Crippen molar-refractivity contribution in [3.05, 3.63) is 47.3 Å². The normalized spacial score (nSPS) is 10.6. The number of rotatable bonds is 4. The molecule has 0 radical (unpaired) electrons. The van der Waals surface area contributed by atoms with E-state index in [1.807, 2.05) is 38.2 Å². The van der Waals surface area contributed by atoms with Gasteiger partial charge in [-0.05, 0) is 31.0 Å².